The average Bonchev–Trinajstić information content (AvgIpc) is 3.13. The number of alkyl halides is 1. The number of rotatable bonds is 7. The van der Waals surface area contributed by atoms with Crippen molar-refractivity contribution in [3.05, 3.63) is 29.8 Å². The van der Waals surface area contributed by atoms with E-state index in [4.69, 9.17) is 4.74 Å². The summed E-state index contributed by atoms with van der Waals surface area (Å²) in [6, 6.07) is 7.28. The van der Waals surface area contributed by atoms with Crippen LogP contribution in [0.5, 0.6) is 0 Å². The number of amides is 2. The molecule has 0 spiro atoms. The molecular formula is C21H28FN3O5. The fraction of sp³-hybridized carbons (Fsp3) is 0.571. The van der Waals surface area contributed by atoms with Gasteiger partial charge in [-0.1, -0.05) is 19.1 Å². The van der Waals surface area contributed by atoms with Crippen molar-refractivity contribution in [2.45, 2.75) is 38.1 Å². The van der Waals surface area contributed by atoms with Gasteiger partial charge in [0.25, 0.3) is 0 Å². The number of aliphatic hydroxyl groups is 1. The van der Waals surface area contributed by atoms with E-state index < -0.39 is 35.8 Å². The molecule has 0 aromatic heterocycles. The molecule has 4 unspecified atom stereocenters. The number of carbonyl (C=O) groups excluding carboxylic acids is 3. The number of alkyl carbamates (subject to hydrolysis) is 1. The summed E-state index contributed by atoms with van der Waals surface area (Å²) in [5.41, 5.74) is 0.415. The third-order valence-corrected chi connectivity index (χ3v) is 5.95. The van der Waals surface area contributed by atoms with Gasteiger partial charge < -0.3 is 30.2 Å². The Morgan fingerprint density at radius 2 is 2.30 bits per heavy atom. The van der Waals surface area contributed by atoms with Crippen LogP contribution in [0.2, 0.25) is 0 Å². The van der Waals surface area contributed by atoms with Gasteiger partial charge in [-0.2, -0.15) is 0 Å². The van der Waals surface area contributed by atoms with Crippen molar-refractivity contribution in [3.63, 3.8) is 0 Å². The minimum absolute atomic E-state index is 0.0908. The van der Waals surface area contributed by atoms with E-state index in [1.54, 1.807) is 19.1 Å². The Hall–Kier alpha value is -2.68. The molecule has 5 atom stereocenters. The zero-order valence-electron chi connectivity index (χ0n) is 17.1. The number of hydrogen-bond acceptors (Lipinski definition) is 6. The van der Waals surface area contributed by atoms with Gasteiger partial charge >= 0.3 is 6.09 Å². The molecule has 9 heteroatoms. The summed E-state index contributed by atoms with van der Waals surface area (Å²) >= 11 is 0. The van der Waals surface area contributed by atoms with Crippen molar-refractivity contribution in [1.82, 2.24) is 10.6 Å². The number of hydrogen-bond donors (Lipinski definition) is 3. The Bertz CT molecular complexity index is 807. The minimum Gasteiger partial charge on any atom is -0.434 e. The van der Waals surface area contributed by atoms with Crippen LogP contribution in [-0.2, 0) is 19.9 Å². The highest BCUT2D eigenvalue weighted by atomic mass is 19.1. The van der Waals surface area contributed by atoms with E-state index >= 15 is 0 Å². The quantitative estimate of drug-likeness (QED) is 0.570. The van der Waals surface area contributed by atoms with Gasteiger partial charge in [0, 0.05) is 43.1 Å². The molecule has 0 radical (unpaired) electrons. The summed E-state index contributed by atoms with van der Waals surface area (Å²) in [7, 11) is 0. The highest BCUT2D eigenvalue weighted by Gasteiger charge is 2.43. The summed E-state index contributed by atoms with van der Waals surface area (Å²) in [6.45, 7) is 3.92. The normalized spacial score (nSPS) is 28.3. The Kier molecular flexibility index (Phi) is 6.60. The van der Waals surface area contributed by atoms with Crippen molar-refractivity contribution in [2.75, 3.05) is 31.1 Å². The lowest BCUT2D eigenvalue weighted by atomic mass is 9.84. The monoisotopic (exact) mass is 421 g/mol. The van der Waals surface area contributed by atoms with E-state index in [-0.39, 0.29) is 25.5 Å². The summed E-state index contributed by atoms with van der Waals surface area (Å²) in [5, 5.41) is 15.6. The van der Waals surface area contributed by atoms with Crippen LogP contribution < -0.4 is 15.5 Å². The van der Waals surface area contributed by atoms with E-state index in [0.29, 0.717) is 24.8 Å². The van der Waals surface area contributed by atoms with Gasteiger partial charge in [0.1, 0.15) is 12.5 Å². The maximum absolute atomic E-state index is 14.8. The highest BCUT2D eigenvalue weighted by molar-refractivity contribution is 5.74. The van der Waals surface area contributed by atoms with Crippen LogP contribution in [0.4, 0.5) is 14.9 Å². The molecule has 2 saturated heterocycles. The Morgan fingerprint density at radius 1 is 1.53 bits per heavy atom. The molecule has 1 aromatic rings. The maximum Gasteiger partial charge on any atom is 0.408 e. The molecule has 2 fully saturated rings. The fourth-order valence-electron chi connectivity index (χ4n) is 4.09. The van der Waals surface area contributed by atoms with E-state index in [2.05, 4.69) is 10.6 Å². The maximum atomic E-state index is 14.8. The smallest absolute Gasteiger partial charge is 0.408 e. The number of nitrogens with one attached hydrogen (secondary N) is 2. The third-order valence-electron chi connectivity index (χ3n) is 5.95. The molecule has 0 aliphatic carbocycles. The predicted molar refractivity (Wildman–Crippen MR) is 108 cm³/mol. The molecule has 8 nitrogen and oxygen atoms in total. The van der Waals surface area contributed by atoms with Gasteiger partial charge in [-0.05, 0) is 18.6 Å². The Balaban J connectivity index is 1.77. The van der Waals surface area contributed by atoms with Crippen LogP contribution in [0.3, 0.4) is 0 Å². The fourth-order valence-corrected chi connectivity index (χ4v) is 4.09. The van der Waals surface area contributed by atoms with Crippen molar-refractivity contribution in [3.8, 4) is 0 Å². The lowest BCUT2D eigenvalue weighted by Gasteiger charge is -2.39. The molecule has 3 N–H and O–H groups in total. The van der Waals surface area contributed by atoms with E-state index in [1.807, 2.05) is 17.0 Å². The number of ether oxygens (including phenoxy) is 1. The van der Waals surface area contributed by atoms with Crippen molar-refractivity contribution < 1.29 is 28.6 Å². The standard InChI is InChI=1S/C21H28FN3O5/c1-13(10-26)19(28)17-6-7-25(9-18(17)22)16-5-3-4-15(8-16)21(11-23-14(2)27)12-24-20(29)30-21/h3-5,8,10,13,17-19,28H,6-7,9,11-12H2,1-2H3,(H,23,27)(H,24,29)/t13?,17?,18?,19?,21-/m0/s1. The van der Waals surface area contributed by atoms with Crippen LogP contribution in [0.1, 0.15) is 25.8 Å². The Labute approximate surface area is 174 Å². The lowest BCUT2D eigenvalue weighted by Crippen LogP contribution is -2.48. The van der Waals surface area contributed by atoms with Crippen LogP contribution in [0.15, 0.2) is 24.3 Å². The van der Waals surface area contributed by atoms with Crippen LogP contribution in [-0.4, -0.2) is 61.8 Å². The molecular weight excluding hydrogens is 393 g/mol. The van der Waals surface area contributed by atoms with Gasteiger partial charge in [-0.25, -0.2) is 9.18 Å². The van der Waals surface area contributed by atoms with E-state index in [9.17, 15) is 23.9 Å². The summed E-state index contributed by atoms with van der Waals surface area (Å²) in [5.74, 6) is -1.43. The number of halogens is 1. The van der Waals surface area contributed by atoms with Gasteiger partial charge in [0.2, 0.25) is 5.91 Å². The van der Waals surface area contributed by atoms with Crippen LogP contribution in [0.25, 0.3) is 0 Å². The topological polar surface area (TPSA) is 108 Å². The lowest BCUT2D eigenvalue weighted by molar-refractivity contribution is -0.120. The third kappa shape index (κ3) is 4.56. The number of anilines is 1. The second kappa shape index (κ2) is 8.99. The van der Waals surface area contributed by atoms with Crippen molar-refractivity contribution >= 4 is 24.0 Å². The Morgan fingerprint density at radius 3 is 2.90 bits per heavy atom. The van der Waals surface area contributed by atoms with Crippen molar-refractivity contribution in [2.24, 2.45) is 11.8 Å². The number of benzene rings is 1. The van der Waals surface area contributed by atoms with Gasteiger partial charge in [0.05, 0.1) is 19.2 Å². The van der Waals surface area contributed by atoms with E-state index in [0.717, 1.165) is 5.69 Å². The first-order chi connectivity index (χ1) is 14.3. The number of carbonyl (C=O) groups is 3. The molecule has 2 aliphatic heterocycles. The number of piperidine rings is 1. The van der Waals surface area contributed by atoms with Crippen LogP contribution in [0, 0.1) is 11.8 Å². The van der Waals surface area contributed by atoms with E-state index in [1.165, 1.54) is 6.92 Å². The van der Waals surface area contributed by atoms with Crippen LogP contribution >= 0.6 is 0 Å². The number of aliphatic hydroxyl groups excluding tert-OH is 1. The molecule has 0 saturated carbocycles. The number of nitrogens with zero attached hydrogens (tertiary/aromatic N) is 1. The summed E-state index contributed by atoms with van der Waals surface area (Å²) < 4.78 is 20.3. The first-order valence-corrected chi connectivity index (χ1v) is 10.1. The zero-order valence-corrected chi connectivity index (χ0v) is 17.1. The SMILES string of the molecule is CC(=O)NC[C@@]1(c2cccc(N3CCC(C(O)C(C)C=O)C(F)C3)c2)CNC(=O)O1. The molecule has 3 rings (SSSR count). The summed E-state index contributed by atoms with van der Waals surface area (Å²) in [6.07, 6.45) is -1.78. The molecule has 1 aromatic carbocycles. The second-order valence-corrected chi connectivity index (χ2v) is 8.10. The van der Waals surface area contributed by atoms with Gasteiger partial charge in [0.15, 0.2) is 5.60 Å². The number of cyclic esters (lactones) is 1. The first-order valence-electron chi connectivity index (χ1n) is 10.1. The molecule has 164 valence electrons. The average molecular weight is 421 g/mol. The molecule has 0 bridgehead atoms. The molecule has 30 heavy (non-hydrogen) atoms. The van der Waals surface area contributed by atoms with Crippen molar-refractivity contribution in [1.29, 1.82) is 0 Å². The zero-order chi connectivity index (χ0) is 21.9. The second-order valence-electron chi connectivity index (χ2n) is 8.10. The first kappa shape index (κ1) is 22.0. The highest BCUT2D eigenvalue weighted by Crippen LogP contribution is 2.34. The number of aldehydes is 1. The largest absolute Gasteiger partial charge is 0.434 e. The van der Waals surface area contributed by atoms with Gasteiger partial charge in [-0.3, -0.25) is 4.79 Å². The molecule has 2 aliphatic rings. The molecule has 2 heterocycles. The minimum atomic E-state index is -1.28. The summed E-state index contributed by atoms with van der Waals surface area (Å²) in [4.78, 5) is 35.9. The molecule has 2 amide bonds. The van der Waals surface area contributed by atoms with Gasteiger partial charge in [-0.15, -0.1) is 0 Å². The predicted octanol–water partition coefficient (Wildman–Crippen LogP) is 1.12.